The third-order valence-electron chi connectivity index (χ3n) is 7.61. The minimum atomic E-state index is -4.01. The Morgan fingerprint density at radius 1 is 1.00 bits per heavy atom. The van der Waals surface area contributed by atoms with E-state index in [1.54, 1.807) is 30.3 Å². The number of carbonyl (C=O) groups excluding carboxylic acids is 2. The first-order valence-electron chi connectivity index (χ1n) is 13.3. The Morgan fingerprint density at radius 3 is 2.54 bits per heavy atom. The zero-order valence-electron chi connectivity index (χ0n) is 21.6. The fourth-order valence-corrected chi connectivity index (χ4v) is 6.53. The van der Waals surface area contributed by atoms with E-state index in [-0.39, 0.29) is 28.2 Å². The van der Waals surface area contributed by atoms with E-state index in [0.717, 1.165) is 42.6 Å². The number of nitrogens with zero attached hydrogens (tertiary/aromatic N) is 2. The Kier molecular flexibility index (Phi) is 6.46. The molecule has 2 aliphatic rings. The number of carbonyl (C=O) groups is 2. The van der Waals surface area contributed by atoms with Gasteiger partial charge in [0.2, 0.25) is 0 Å². The maximum Gasteiger partial charge on any atom is 0.265 e. The predicted octanol–water partition coefficient (Wildman–Crippen LogP) is 5.54. The van der Waals surface area contributed by atoms with Crippen molar-refractivity contribution < 1.29 is 22.7 Å². The van der Waals surface area contributed by atoms with Gasteiger partial charge in [0.25, 0.3) is 15.9 Å². The van der Waals surface area contributed by atoms with E-state index < -0.39 is 15.9 Å². The van der Waals surface area contributed by atoms with Crippen LogP contribution >= 0.6 is 0 Å². The van der Waals surface area contributed by atoms with Gasteiger partial charge in [-0.2, -0.15) is 0 Å². The molecule has 1 aliphatic carbocycles. The summed E-state index contributed by atoms with van der Waals surface area (Å²) < 4.78 is 35.6. The summed E-state index contributed by atoms with van der Waals surface area (Å²) >= 11 is 0. The molecular weight excluding hydrogens is 514 g/mol. The summed E-state index contributed by atoms with van der Waals surface area (Å²) in [5.41, 5.74) is 3.02. The molecule has 1 fully saturated rings. The van der Waals surface area contributed by atoms with Gasteiger partial charge >= 0.3 is 0 Å². The van der Waals surface area contributed by atoms with Crippen molar-refractivity contribution in [3.8, 4) is 17.1 Å². The van der Waals surface area contributed by atoms with Crippen molar-refractivity contribution in [3.05, 3.63) is 77.9 Å². The Labute approximate surface area is 227 Å². The SMILES string of the molecule is CC1COc2ccc(-c3nc4cc(C(=O)NS(=O)(=O)c5ccccc5)ccc4n3C3CCCCC3)cc2C1=O. The predicted molar refractivity (Wildman–Crippen MR) is 147 cm³/mol. The summed E-state index contributed by atoms with van der Waals surface area (Å²) in [7, 11) is -4.01. The molecule has 3 aromatic carbocycles. The van der Waals surface area contributed by atoms with Crippen molar-refractivity contribution in [2.24, 2.45) is 5.92 Å². The number of nitrogens with one attached hydrogen (secondary N) is 1. The summed E-state index contributed by atoms with van der Waals surface area (Å²) in [6.07, 6.45) is 5.46. The zero-order chi connectivity index (χ0) is 27.1. The van der Waals surface area contributed by atoms with E-state index in [9.17, 15) is 18.0 Å². The quantitative estimate of drug-likeness (QED) is 0.354. The molecule has 1 unspecified atom stereocenters. The first kappa shape index (κ1) is 25.3. The average Bonchev–Trinajstić information content (AvgIpc) is 3.34. The van der Waals surface area contributed by atoms with E-state index in [1.165, 1.54) is 18.6 Å². The van der Waals surface area contributed by atoms with Crippen LogP contribution in [0.3, 0.4) is 0 Å². The fraction of sp³-hybridized carbons (Fsp3) is 0.300. The van der Waals surface area contributed by atoms with E-state index >= 15 is 0 Å². The monoisotopic (exact) mass is 543 g/mol. The number of ketones is 1. The lowest BCUT2D eigenvalue weighted by Gasteiger charge is -2.26. The van der Waals surface area contributed by atoms with Gasteiger partial charge in [0, 0.05) is 17.2 Å². The Morgan fingerprint density at radius 2 is 1.77 bits per heavy atom. The minimum Gasteiger partial charge on any atom is -0.492 e. The van der Waals surface area contributed by atoms with Gasteiger partial charge in [0.05, 0.1) is 34.0 Å². The van der Waals surface area contributed by atoms with Gasteiger partial charge in [-0.05, 0) is 61.4 Å². The van der Waals surface area contributed by atoms with E-state index in [4.69, 9.17) is 9.72 Å². The third-order valence-corrected chi connectivity index (χ3v) is 8.96. The zero-order valence-corrected chi connectivity index (χ0v) is 22.4. The van der Waals surface area contributed by atoms with Crippen LogP contribution in [0.15, 0.2) is 71.6 Å². The number of hydrogen-bond acceptors (Lipinski definition) is 6. The Bertz CT molecular complexity index is 1690. The van der Waals surface area contributed by atoms with Gasteiger partial charge in [0.15, 0.2) is 5.78 Å². The lowest BCUT2D eigenvalue weighted by molar-refractivity contribution is 0.0848. The standard InChI is InChI=1S/C30H29N3O5S/c1-19-18-38-27-15-13-20(16-24(27)28(19)34)29-31-25-17-21(12-14-26(25)33(29)22-8-4-2-5-9-22)30(35)32-39(36,37)23-10-6-3-7-11-23/h3,6-7,10-17,19,22H,2,4-5,8-9,18H2,1H3,(H,32,35). The van der Waals surface area contributed by atoms with Gasteiger partial charge in [-0.15, -0.1) is 0 Å². The molecule has 0 spiro atoms. The fourth-order valence-electron chi connectivity index (χ4n) is 5.54. The van der Waals surface area contributed by atoms with Gasteiger partial charge < -0.3 is 9.30 Å². The summed E-state index contributed by atoms with van der Waals surface area (Å²) in [6.45, 7) is 2.23. The van der Waals surface area contributed by atoms with E-state index in [1.807, 2.05) is 31.2 Å². The van der Waals surface area contributed by atoms with Gasteiger partial charge in [-0.25, -0.2) is 18.1 Å². The summed E-state index contributed by atoms with van der Waals surface area (Å²) in [5.74, 6) is 0.427. The van der Waals surface area contributed by atoms with Crippen molar-refractivity contribution >= 4 is 32.7 Å². The highest BCUT2D eigenvalue weighted by molar-refractivity contribution is 7.90. The molecule has 39 heavy (non-hydrogen) atoms. The van der Waals surface area contributed by atoms with Crippen LogP contribution in [0.2, 0.25) is 0 Å². The van der Waals surface area contributed by atoms with Crippen LogP contribution in [0.25, 0.3) is 22.4 Å². The molecule has 0 radical (unpaired) electrons. The number of hydrogen-bond donors (Lipinski definition) is 1. The molecule has 9 heteroatoms. The summed E-state index contributed by atoms with van der Waals surface area (Å²) in [5, 5.41) is 0. The van der Waals surface area contributed by atoms with E-state index in [0.29, 0.717) is 23.4 Å². The highest BCUT2D eigenvalue weighted by Gasteiger charge is 2.28. The molecule has 1 amide bonds. The number of amides is 1. The molecule has 1 aromatic heterocycles. The molecule has 1 saturated carbocycles. The molecule has 1 atom stereocenters. The Balaban J connectivity index is 1.41. The topological polar surface area (TPSA) is 107 Å². The first-order chi connectivity index (χ1) is 18.8. The molecule has 200 valence electrons. The maximum absolute atomic E-state index is 13.0. The first-order valence-corrected chi connectivity index (χ1v) is 14.8. The molecular formula is C30H29N3O5S. The second-order valence-electron chi connectivity index (χ2n) is 10.3. The van der Waals surface area contributed by atoms with Crippen LogP contribution in [0.5, 0.6) is 5.75 Å². The van der Waals surface area contributed by atoms with Crippen molar-refractivity contribution in [3.63, 3.8) is 0 Å². The number of sulfonamides is 1. The van der Waals surface area contributed by atoms with Crippen LogP contribution < -0.4 is 9.46 Å². The smallest absolute Gasteiger partial charge is 0.265 e. The number of Topliss-reactive ketones (excluding diaryl/α,β-unsaturated/α-hetero) is 1. The normalized spacial score (nSPS) is 18.0. The molecule has 2 heterocycles. The molecule has 4 aromatic rings. The number of imidazole rings is 1. The van der Waals surface area contributed by atoms with Crippen molar-refractivity contribution in [2.75, 3.05) is 6.61 Å². The maximum atomic E-state index is 13.0. The molecule has 0 bridgehead atoms. The summed E-state index contributed by atoms with van der Waals surface area (Å²) in [4.78, 5) is 30.8. The van der Waals surface area contributed by atoms with Crippen LogP contribution in [0, 0.1) is 5.92 Å². The highest BCUT2D eigenvalue weighted by Crippen LogP contribution is 2.38. The number of aromatic nitrogens is 2. The van der Waals surface area contributed by atoms with Crippen molar-refractivity contribution in [1.29, 1.82) is 0 Å². The minimum absolute atomic E-state index is 0.0172. The third kappa shape index (κ3) is 4.71. The highest BCUT2D eigenvalue weighted by atomic mass is 32.2. The number of rotatable bonds is 5. The molecule has 1 N–H and O–H groups in total. The van der Waals surface area contributed by atoms with Crippen LogP contribution in [0.4, 0.5) is 0 Å². The van der Waals surface area contributed by atoms with E-state index in [2.05, 4.69) is 9.29 Å². The lowest BCUT2D eigenvalue weighted by atomic mass is 9.93. The molecule has 6 rings (SSSR count). The van der Waals surface area contributed by atoms with Crippen LogP contribution in [0.1, 0.15) is 65.8 Å². The second-order valence-corrected chi connectivity index (χ2v) is 12.0. The number of benzene rings is 3. The molecule has 0 saturated heterocycles. The van der Waals surface area contributed by atoms with Crippen LogP contribution in [-0.4, -0.2) is 36.3 Å². The van der Waals surface area contributed by atoms with Gasteiger partial charge in [0.1, 0.15) is 11.6 Å². The second kappa shape index (κ2) is 9.96. The van der Waals surface area contributed by atoms with Crippen molar-refractivity contribution in [1.82, 2.24) is 14.3 Å². The molecule has 1 aliphatic heterocycles. The molecule has 8 nitrogen and oxygen atoms in total. The summed E-state index contributed by atoms with van der Waals surface area (Å²) in [6, 6.07) is 18.7. The van der Waals surface area contributed by atoms with Crippen LogP contribution in [-0.2, 0) is 10.0 Å². The number of fused-ring (bicyclic) bond motifs is 2. The van der Waals surface area contributed by atoms with Gasteiger partial charge in [-0.3, -0.25) is 9.59 Å². The lowest BCUT2D eigenvalue weighted by Crippen LogP contribution is -2.30. The Hall–Kier alpha value is -3.98. The van der Waals surface area contributed by atoms with Gasteiger partial charge in [-0.1, -0.05) is 44.4 Å². The number of ether oxygens (including phenoxy) is 1. The largest absolute Gasteiger partial charge is 0.492 e. The van der Waals surface area contributed by atoms with Crippen molar-refractivity contribution in [2.45, 2.75) is 50.0 Å². The average molecular weight is 544 g/mol.